The maximum Gasteiger partial charge on any atom is 0.0635 e. The molecular formula is C13H26N2O. The van der Waals surface area contributed by atoms with Crippen LogP contribution < -0.4 is 0 Å². The number of morpholine rings is 1. The third-order valence-corrected chi connectivity index (χ3v) is 4.32. The quantitative estimate of drug-likeness (QED) is 0.673. The van der Waals surface area contributed by atoms with E-state index in [4.69, 9.17) is 4.74 Å². The molecule has 2 aliphatic heterocycles. The third-order valence-electron chi connectivity index (χ3n) is 4.32. The fourth-order valence-electron chi connectivity index (χ4n) is 2.98. The van der Waals surface area contributed by atoms with E-state index in [2.05, 4.69) is 37.5 Å². The number of rotatable bonds is 1. The minimum atomic E-state index is 0.607. The van der Waals surface area contributed by atoms with E-state index in [1.807, 2.05) is 0 Å². The highest BCUT2D eigenvalue weighted by molar-refractivity contribution is 4.90. The van der Waals surface area contributed by atoms with Crippen molar-refractivity contribution in [1.29, 1.82) is 0 Å². The monoisotopic (exact) mass is 226 g/mol. The van der Waals surface area contributed by atoms with Crippen LogP contribution in [0.15, 0.2) is 0 Å². The van der Waals surface area contributed by atoms with Gasteiger partial charge in [0.15, 0.2) is 0 Å². The Hall–Kier alpha value is -0.120. The van der Waals surface area contributed by atoms with Crippen molar-refractivity contribution in [2.24, 2.45) is 5.92 Å². The van der Waals surface area contributed by atoms with E-state index in [1.54, 1.807) is 0 Å². The molecule has 3 nitrogen and oxygen atoms in total. The second kappa shape index (κ2) is 5.03. The molecule has 3 atom stereocenters. The second-order valence-corrected chi connectivity index (χ2v) is 5.73. The first kappa shape index (κ1) is 12.3. The van der Waals surface area contributed by atoms with Gasteiger partial charge in [-0.2, -0.15) is 0 Å². The first-order valence-electron chi connectivity index (χ1n) is 6.67. The Labute approximate surface area is 99.7 Å². The average molecular weight is 226 g/mol. The van der Waals surface area contributed by atoms with Gasteiger partial charge in [-0.05, 0) is 26.7 Å². The molecule has 0 spiro atoms. The lowest BCUT2D eigenvalue weighted by Crippen LogP contribution is -2.52. The minimum Gasteiger partial charge on any atom is -0.378 e. The van der Waals surface area contributed by atoms with Crippen molar-refractivity contribution in [3.63, 3.8) is 0 Å². The largest absolute Gasteiger partial charge is 0.378 e. The van der Waals surface area contributed by atoms with E-state index in [0.717, 1.165) is 25.7 Å². The summed E-state index contributed by atoms with van der Waals surface area (Å²) in [6, 6.07) is 1.95. The Morgan fingerprint density at radius 3 is 2.62 bits per heavy atom. The van der Waals surface area contributed by atoms with Crippen LogP contribution in [0.4, 0.5) is 0 Å². The van der Waals surface area contributed by atoms with E-state index in [-0.39, 0.29) is 0 Å². The summed E-state index contributed by atoms with van der Waals surface area (Å²) in [6.45, 7) is 14.7. The van der Waals surface area contributed by atoms with Crippen LogP contribution in [-0.4, -0.2) is 60.8 Å². The molecule has 2 rings (SSSR count). The van der Waals surface area contributed by atoms with Crippen LogP contribution in [0.25, 0.3) is 0 Å². The summed E-state index contributed by atoms with van der Waals surface area (Å²) in [6.07, 6.45) is 0. The number of hydrogen-bond acceptors (Lipinski definition) is 3. The fourth-order valence-corrected chi connectivity index (χ4v) is 2.98. The van der Waals surface area contributed by atoms with E-state index in [9.17, 15) is 0 Å². The van der Waals surface area contributed by atoms with Crippen LogP contribution >= 0.6 is 0 Å². The molecule has 16 heavy (non-hydrogen) atoms. The van der Waals surface area contributed by atoms with Crippen molar-refractivity contribution in [3.8, 4) is 0 Å². The average Bonchev–Trinajstić information content (AvgIpc) is 2.38. The summed E-state index contributed by atoms with van der Waals surface area (Å²) >= 11 is 0. The van der Waals surface area contributed by atoms with E-state index < -0.39 is 0 Å². The van der Waals surface area contributed by atoms with Crippen molar-refractivity contribution in [2.45, 2.75) is 45.8 Å². The Balaban J connectivity index is 2.12. The Morgan fingerprint density at radius 1 is 1.19 bits per heavy atom. The van der Waals surface area contributed by atoms with E-state index in [1.165, 1.54) is 13.1 Å². The number of ether oxygens (including phenoxy) is 1. The van der Waals surface area contributed by atoms with Crippen molar-refractivity contribution < 1.29 is 4.74 Å². The fraction of sp³-hybridized carbons (Fsp3) is 1.00. The molecule has 0 bridgehead atoms. The number of fused-ring (bicyclic) bond motifs is 1. The minimum absolute atomic E-state index is 0.607. The van der Waals surface area contributed by atoms with E-state index >= 15 is 0 Å². The molecule has 0 aromatic heterocycles. The summed E-state index contributed by atoms with van der Waals surface area (Å²) in [4.78, 5) is 5.27. The molecule has 0 amide bonds. The predicted octanol–water partition coefficient (Wildman–Crippen LogP) is 1.44. The second-order valence-electron chi connectivity index (χ2n) is 5.73. The third kappa shape index (κ3) is 2.41. The Morgan fingerprint density at radius 2 is 1.94 bits per heavy atom. The molecule has 2 saturated heterocycles. The summed E-state index contributed by atoms with van der Waals surface area (Å²) in [5.74, 6) is 0.755. The van der Waals surface area contributed by atoms with E-state index in [0.29, 0.717) is 18.1 Å². The SMILES string of the molecule is CC(C)N1C[C@@H]2COCCN2[C@H](C)[C@H](C)C1. The van der Waals surface area contributed by atoms with Gasteiger partial charge >= 0.3 is 0 Å². The summed E-state index contributed by atoms with van der Waals surface area (Å²) in [7, 11) is 0. The highest BCUT2D eigenvalue weighted by Crippen LogP contribution is 2.24. The van der Waals surface area contributed by atoms with Gasteiger partial charge in [0, 0.05) is 37.8 Å². The molecular weight excluding hydrogens is 200 g/mol. The number of nitrogens with zero attached hydrogens (tertiary/aromatic N) is 2. The van der Waals surface area contributed by atoms with Crippen LogP contribution in [-0.2, 0) is 4.74 Å². The smallest absolute Gasteiger partial charge is 0.0635 e. The van der Waals surface area contributed by atoms with Crippen molar-refractivity contribution in [2.75, 3.05) is 32.8 Å². The lowest BCUT2D eigenvalue weighted by Gasteiger charge is -2.39. The van der Waals surface area contributed by atoms with Crippen molar-refractivity contribution >= 4 is 0 Å². The molecule has 94 valence electrons. The first-order valence-corrected chi connectivity index (χ1v) is 6.67. The molecule has 0 N–H and O–H groups in total. The van der Waals surface area contributed by atoms with Gasteiger partial charge in [0.25, 0.3) is 0 Å². The predicted molar refractivity (Wildman–Crippen MR) is 66.6 cm³/mol. The molecule has 0 radical (unpaired) electrons. The highest BCUT2D eigenvalue weighted by Gasteiger charge is 2.35. The zero-order valence-electron chi connectivity index (χ0n) is 11.1. The van der Waals surface area contributed by atoms with Crippen molar-refractivity contribution in [1.82, 2.24) is 9.80 Å². The summed E-state index contributed by atoms with van der Waals surface area (Å²) in [5.41, 5.74) is 0. The van der Waals surface area contributed by atoms with Crippen LogP contribution in [0.5, 0.6) is 0 Å². The Bertz CT molecular complexity index is 232. The molecule has 0 aromatic carbocycles. The first-order chi connectivity index (χ1) is 7.59. The standard InChI is InChI=1S/C13H26N2O/c1-10(2)14-7-11(3)12(4)15-5-6-16-9-13(15)8-14/h10-13H,5-9H2,1-4H3/t11-,12-,13-/m1/s1. The summed E-state index contributed by atoms with van der Waals surface area (Å²) in [5, 5.41) is 0. The molecule has 0 aromatic rings. The van der Waals surface area contributed by atoms with Crippen LogP contribution in [0.2, 0.25) is 0 Å². The van der Waals surface area contributed by atoms with Gasteiger partial charge in [-0.25, -0.2) is 0 Å². The molecule has 0 unspecified atom stereocenters. The molecule has 3 heteroatoms. The van der Waals surface area contributed by atoms with Gasteiger partial charge < -0.3 is 4.74 Å². The van der Waals surface area contributed by atoms with Crippen LogP contribution in [0, 0.1) is 5.92 Å². The van der Waals surface area contributed by atoms with Crippen LogP contribution in [0.1, 0.15) is 27.7 Å². The normalized spacial score (nSPS) is 38.4. The lowest BCUT2D eigenvalue weighted by atomic mass is 10.0. The zero-order valence-corrected chi connectivity index (χ0v) is 11.1. The van der Waals surface area contributed by atoms with Crippen LogP contribution in [0.3, 0.4) is 0 Å². The molecule has 2 heterocycles. The molecule has 2 fully saturated rings. The topological polar surface area (TPSA) is 15.7 Å². The molecule has 2 aliphatic rings. The van der Waals surface area contributed by atoms with Gasteiger partial charge in [0.2, 0.25) is 0 Å². The van der Waals surface area contributed by atoms with Gasteiger partial charge in [-0.3, -0.25) is 9.80 Å². The molecule has 0 saturated carbocycles. The maximum atomic E-state index is 5.64. The highest BCUT2D eigenvalue weighted by atomic mass is 16.5. The van der Waals surface area contributed by atoms with Gasteiger partial charge in [-0.1, -0.05) is 6.92 Å². The molecule has 0 aliphatic carbocycles. The van der Waals surface area contributed by atoms with Crippen molar-refractivity contribution in [3.05, 3.63) is 0 Å². The van der Waals surface area contributed by atoms with Gasteiger partial charge in [0.1, 0.15) is 0 Å². The summed E-state index contributed by atoms with van der Waals surface area (Å²) < 4.78 is 5.64. The van der Waals surface area contributed by atoms with Gasteiger partial charge in [0.05, 0.1) is 13.2 Å². The Kier molecular flexibility index (Phi) is 3.88. The maximum absolute atomic E-state index is 5.64. The van der Waals surface area contributed by atoms with Gasteiger partial charge in [-0.15, -0.1) is 0 Å². The number of hydrogen-bond donors (Lipinski definition) is 0. The zero-order chi connectivity index (χ0) is 11.7. The lowest BCUT2D eigenvalue weighted by molar-refractivity contribution is -0.0304.